The Hall–Kier alpha value is -1.53. The predicted molar refractivity (Wildman–Crippen MR) is 82.0 cm³/mol. The van der Waals surface area contributed by atoms with E-state index in [0.29, 0.717) is 24.4 Å². The highest BCUT2D eigenvalue weighted by molar-refractivity contribution is 8.13. The summed E-state index contributed by atoms with van der Waals surface area (Å²) in [6.45, 7) is 2.02. The summed E-state index contributed by atoms with van der Waals surface area (Å²) in [5.74, 6) is -0.416. The first kappa shape index (κ1) is 15.9. The zero-order chi connectivity index (χ0) is 15.6. The number of benzene rings is 1. The fourth-order valence-corrected chi connectivity index (χ4v) is 3.17. The average Bonchev–Trinajstić information content (AvgIpc) is 2.77. The minimum absolute atomic E-state index is 0.00995. The maximum Gasteiger partial charge on any atom is 0.337 e. The van der Waals surface area contributed by atoms with E-state index in [1.807, 2.05) is 0 Å². The lowest BCUT2D eigenvalue weighted by molar-refractivity contribution is -0.117. The van der Waals surface area contributed by atoms with E-state index in [9.17, 15) is 14.4 Å². The van der Waals surface area contributed by atoms with Gasteiger partial charge in [0.1, 0.15) is 0 Å². The molecule has 7 heteroatoms. The molecule has 1 aliphatic heterocycles. The fraction of sp³-hybridized carbons (Fsp3) is 0.357. The first-order chi connectivity index (χ1) is 9.88. The fourth-order valence-electron chi connectivity index (χ4n) is 2.22. The van der Waals surface area contributed by atoms with Gasteiger partial charge in [0.15, 0.2) is 5.12 Å². The Bertz CT molecular complexity index is 605. The lowest BCUT2D eigenvalue weighted by Crippen LogP contribution is -2.24. The van der Waals surface area contributed by atoms with Crippen molar-refractivity contribution < 1.29 is 19.5 Å². The van der Waals surface area contributed by atoms with Crippen LogP contribution in [-0.2, 0) is 9.59 Å². The molecule has 0 radical (unpaired) electrons. The molecule has 2 rings (SSSR count). The summed E-state index contributed by atoms with van der Waals surface area (Å²) in [7, 11) is 0. The van der Waals surface area contributed by atoms with Crippen molar-refractivity contribution in [3.8, 4) is 0 Å². The van der Waals surface area contributed by atoms with Gasteiger partial charge in [0.2, 0.25) is 5.91 Å². The van der Waals surface area contributed by atoms with Crippen molar-refractivity contribution in [2.75, 3.05) is 17.2 Å². The first-order valence-electron chi connectivity index (χ1n) is 6.35. The third kappa shape index (κ3) is 3.77. The van der Waals surface area contributed by atoms with Crippen LogP contribution in [0.3, 0.4) is 0 Å². The minimum atomic E-state index is -1.10. The van der Waals surface area contributed by atoms with Crippen LogP contribution in [-0.4, -0.2) is 34.4 Å². The van der Waals surface area contributed by atoms with E-state index in [0.717, 1.165) is 0 Å². The number of anilines is 1. The summed E-state index contributed by atoms with van der Waals surface area (Å²) in [5, 5.41) is 9.08. The molecule has 1 saturated heterocycles. The van der Waals surface area contributed by atoms with Crippen LogP contribution < -0.4 is 4.90 Å². The Labute approximate surface area is 131 Å². The van der Waals surface area contributed by atoms with Crippen molar-refractivity contribution in [2.45, 2.75) is 13.3 Å². The summed E-state index contributed by atoms with van der Waals surface area (Å²) in [6.07, 6.45) is 0.387. The van der Waals surface area contributed by atoms with E-state index in [1.54, 1.807) is 11.0 Å². The number of nitrogens with zero attached hydrogens (tertiary/aromatic N) is 1. The molecule has 112 valence electrons. The summed E-state index contributed by atoms with van der Waals surface area (Å²) in [5.41, 5.74) is 0.598. The summed E-state index contributed by atoms with van der Waals surface area (Å²) >= 11 is 7.14. The molecule has 0 bridgehead atoms. The molecule has 5 nitrogen and oxygen atoms in total. The quantitative estimate of drug-likeness (QED) is 0.920. The van der Waals surface area contributed by atoms with E-state index in [2.05, 4.69) is 0 Å². The zero-order valence-electron chi connectivity index (χ0n) is 11.3. The molecule has 1 atom stereocenters. The Morgan fingerprint density at radius 2 is 2.19 bits per heavy atom. The van der Waals surface area contributed by atoms with Crippen molar-refractivity contribution >= 4 is 46.0 Å². The van der Waals surface area contributed by atoms with Gasteiger partial charge in [-0.3, -0.25) is 9.59 Å². The van der Waals surface area contributed by atoms with Crippen LogP contribution in [0.25, 0.3) is 0 Å². The van der Waals surface area contributed by atoms with E-state index in [1.165, 1.54) is 30.8 Å². The van der Waals surface area contributed by atoms with Crippen molar-refractivity contribution in [3.63, 3.8) is 0 Å². The molecule has 1 heterocycles. The molecule has 1 aliphatic rings. The number of amides is 1. The Morgan fingerprint density at radius 1 is 1.48 bits per heavy atom. The van der Waals surface area contributed by atoms with E-state index < -0.39 is 5.97 Å². The van der Waals surface area contributed by atoms with E-state index in [4.69, 9.17) is 16.7 Å². The molecule has 0 spiro atoms. The van der Waals surface area contributed by atoms with E-state index >= 15 is 0 Å². The Kier molecular flexibility index (Phi) is 4.90. The van der Waals surface area contributed by atoms with Gasteiger partial charge in [-0.1, -0.05) is 23.4 Å². The number of rotatable bonds is 4. The standard InChI is InChI=1S/C14H14ClNO4S/c1-8(17)21-7-9-4-13(18)16(6-9)10-2-3-11(14(19)20)12(15)5-10/h2-3,5,9H,4,6-7H2,1H3,(H,19,20). The van der Waals surface area contributed by atoms with Gasteiger partial charge in [0.25, 0.3) is 0 Å². The Balaban J connectivity index is 2.12. The molecule has 1 fully saturated rings. The molecule has 1 aromatic rings. The smallest absolute Gasteiger partial charge is 0.337 e. The number of thioether (sulfide) groups is 1. The lowest BCUT2D eigenvalue weighted by Gasteiger charge is -2.17. The minimum Gasteiger partial charge on any atom is -0.478 e. The van der Waals surface area contributed by atoms with Gasteiger partial charge in [0, 0.05) is 31.3 Å². The van der Waals surface area contributed by atoms with Crippen molar-refractivity contribution in [3.05, 3.63) is 28.8 Å². The largest absolute Gasteiger partial charge is 0.478 e. The molecule has 0 aliphatic carbocycles. The second-order valence-corrected chi connectivity index (χ2v) is 6.45. The zero-order valence-corrected chi connectivity index (χ0v) is 12.9. The Morgan fingerprint density at radius 3 is 2.76 bits per heavy atom. The predicted octanol–water partition coefficient (Wildman–Crippen LogP) is 2.67. The molecular weight excluding hydrogens is 314 g/mol. The van der Waals surface area contributed by atoms with E-state index in [-0.39, 0.29) is 27.5 Å². The van der Waals surface area contributed by atoms with Crippen LogP contribution in [0.1, 0.15) is 23.7 Å². The van der Waals surface area contributed by atoms with Gasteiger partial charge in [-0.15, -0.1) is 0 Å². The number of carbonyl (C=O) groups is 3. The number of hydrogen-bond acceptors (Lipinski definition) is 4. The highest BCUT2D eigenvalue weighted by atomic mass is 35.5. The lowest BCUT2D eigenvalue weighted by atomic mass is 10.1. The van der Waals surface area contributed by atoms with Crippen LogP contribution in [0, 0.1) is 5.92 Å². The van der Waals surface area contributed by atoms with Gasteiger partial charge in [-0.25, -0.2) is 4.79 Å². The van der Waals surface area contributed by atoms with Gasteiger partial charge in [-0.2, -0.15) is 0 Å². The second-order valence-electron chi connectivity index (χ2n) is 4.85. The molecular formula is C14H14ClNO4S. The van der Waals surface area contributed by atoms with Gasteiger partial charge >= 0.3 is 5.97 Å². The van der Waals surface area contributed by atoms with Crippen molar-refractivity contribution in [1.29, 1.82) is 0 Å². The van der Waals surface area contributed by atoms with Gasteiger partial charge in [0.05, 0.1) is 10.6 Å². The van der Waals surface area contributed by atoms with Crippen LogP contribution in [0.2, 0.25) is 5.02 Å². The van der Waals surface area contributed by atoms with Crippen molar-refractivity contribution in [1.82, 2.24) is 0 Å². The van der Waals surface area contributed by atoms with Crippen LogP contribution in [0.4, 0.5) is 5.69 Å². The third-order valence-corrected chi connectivity index (χ3v) is 4.58. The topological polar surface area (TPSA) is 74.7 Å². The molecule has 0 saturated carbocycles. The maximum atomic E-state index is 12.0. The van der Waals surface area contributed by atoms with Crippen LogP contribution >= 0.6 is 23.4 Å². The number of halogens is 1. The average molecular weight is 328 g/mol. The number of aromatic carboxylic acids is 1. The number of carboxylic acid groups (broad SMARTS) is 1. The number of carbonyl (C=O) groups excluding carboxylic acids is 2. The third-order valence-electron chi connectivity index (χ3n) is 3.22. The molecule has 1 unspecified atom stereocenters. The summed E-state index contributed by atoms with van der Waals surface area (Å²) < 4.78 is 0. The van der Waals surface area contributed by atoms with Gasteiger partial charge in [-0.05, 0) is 24.1 Å². The summed E-state index contributed by atoms with van der Waals surface area (Å²) in [4.78, 5) is 35.5. The summed E-state index contributed by atoms with van der Waals surface area (Å²) in [6, 6.07) is 4.46. The van der Waals surface area contributed by atoms with Gasteiger partial charge < -0.3 is 10.0 Å². The normalized spacial score (nSPS) is 18.1. The number of hydrogen-bond donors (Lipinski definition) is 1. The second kappa shape index (κ2) is 6.49. The molecule has 1 aromatic carbocycles. The SMILES string of the molecule is CC(=O)SCC1CC(=O)N(c2ccc(C(=O)O)c(Cl)c2)C1. The number of carboxylic acids is 1. The highest BCUT2D eigenvalue weighted by Gasteiger charge is 2.31. The molecule has 1 N–H and O–H groups in total. The highest BCUT2D eigenvalue weighted by Crippen LogP contribution is 2.30. The monoisotopic (exact) mass is 327 g/mol. The van der Waals surface area contributed by atoms with Crippen LogP contribution in [0.5, 0.6) is 0 Å². The van der Waals surface area contributed by atoms with Crippen LogP contribution in [0.15, 0.2) is 18.2 Å². The molecule has 1 amide bonds. The molecule has 0 aromatic heterocycles. The first-order valence-corrected chi connectivity index (χ1v) is 7.71. The maximum absolute atomic E-state index is 12.0. The van der Waals surface area contributed by atoms with Crippen molar-refractivity contribution in [2.24, 2.45) is 5.92 Å². The molecule has 21 heavy (non-hydrogen) atoms.